The van der Waals surface area contributed by atoms with Crippen LogP contribution in [0, 0.1) is 13.3 Å². The molecule has 3 rings (SSSR count). The molecule has 3 aromatic rings. The summed E-state index contributed by atoms with van der Waals surface area (Å²) in [6.07, 6.45) is 0.500. The number of aliphatic carboxylic acids is 1. The van der Waals surface area contributed by atoms with Crippen molar-refractivity contribution in [2.75, 3.05) is 11.9 Å². The van der Waals surface area contributed by atoms with E-state index in [0.29, 0.717) is 13.0 Å². The number of aromatic nitrogens is 1. The molecule has 2 N–H and O–H groups in total. The zero-order valence-corrected chi connectivity index (χ0v) is 22.8. The number of carbonyl (C=O) groups is 1. The third-order valence-corrected chi connectivity index (χ3v) is 4.55. The number of benzene rings is 2. The number of carboxylic acid groups (broad SMARTS) is 1. The molecule has 0 saturated heterocycles. The molecule has 2 aromatic carbocycles. The molecule has 0 aliphatic heterocycles. The minimum Gasteiger partial charge on any atom is -0.481 e. The normalized spacial score (nSPS) is 10.4. The molecule has 144 valence electrons. The largest absolute Gasteiger partial charge is 1.00 e. The first kappa shape index (κ1) is 27.1. The summed E-state index contributed by atoms with van der Waals surface area (Å²) in [5.41, 5.74) is 2.98. The van der Waals surface area contributed by atoms with Crippen molar-refractivity contribution in [3.63, 3.8) is 0 Å². The van der Waals surface area contributed by atoms with Gasteiger partial charge in [0.25, 0.3) is 0 Å². The van der Waals surface area contributed by atoms with Crippen LogP contribution in [0.15, 0.2) is 66.0 Å². The van der Waals surface area contributed by atoms with Crippen molar-refractivity contribution in [2.45, 2.75) is 20.3 Å². The predicted octanol–water partition coefficient (Wildman–Crippen LogP) is 2.65. The molecule has 28 heavy (non-hydrogen) atoms. The van der Waals surface area contributed by atoms with Gasteiger partial charge in [0, 0.05) is 17.5 Å². The Labute approximate surface area is 221 Å². The van der Waals surface area contributed by atoms with E-state index in [9.17, 15) is 9.90 Å². The van der Waals surface area contributed by atoms with E-state index in [1.165, 1.54) is 11.3 Å². The van der Waals surface area contributed by atoms with E-state index in [2.05, 4.69) is 10.3 Å². The molecule has 6 heteroatoms. The summed E-state index contributed by atoms with van der Waals surface area (Å²) in [6, 6.07) is 19.6. The van der Waals surface area contributed by atoms with Crippen LogP contribution in [-0.4, -0.2) is 22.6 Å². The van der Waals surface area contributed by atoms with Gasteiger partial charge in [-0.05, 0) is 12.0 Å². The average Bonchev–Trinajstić information content (AvgIpc) is 3.17. The van der Waals surface area contributed by atoms with Crippen molar-refractivity contribution in [1.29, 1.82) is 0 Å². The molecule has 1 unspecified atom stereocenters. The Morgan fingerprint density at radius 3 is 2.21 bits per heavy atom. The molecule has 0 fully saturated rings. The summed E-state index contributed by atoms with van der Waals surface area (Å²) >= 11 is 1.49. The predicted molar refractivity (Wildman–Crippen MR) is 115 cm³/mol. The first-order chi connectivity index (χ1) is 12.7. The fourth-order valence-electron chi connectivity index (χ4n) is 2.45. The van der Waals surface area contributed by atoms with Gasteiger partial charge in [-0.25, -0.2) is 4.98 Å². The molecule has 1 heterocycles. The smallest absolute Gasteiger partial charge is 0.481 e. The van der Waals surface area contributed by atoms with E-state index in [0.717, 1.165) is 22.0 Å². The maximum atomic E-state index is 11.5. The molecule has 0 bridgehead atoms. The number of hydrogen-bond donors (Lipinski definition) is 2. The number of carboxylic acids is 1. The van der Waals surface area contributed by atoms with Crippen LogP contribution in [0.1, 0.15) is 19.4 Å². The van der Waals surface area contributed by atoms with Crippen LogP contribution in [-0.2, 0) is 11.2 Å². The zero-order chi connectivity index (χ0) is 18.8. The van der Waals surface area contributed by atoms with Gasteiger partial charge < -0.3 is 17.8 Å². The van der Waals surface area contributed by atoms with E-state index in [1.807, 2.05) is 79.9 Å². The zero-order valence-electron chi connectivity index (χ0n) is 17.1. The van der Waals surface area contributed by atoms with Crippen LogP contribution in [0.2, 0.25) is 0 Å². The molecule has 1 aromatic heterocycles. The molecular formula is C22H27N2O2RbS. The van der Waals surface area contributed by atoms with Gasteiger partial charge in [0.1, 0.15) is 0 Å². The van der Waals surface area contributed by atoms with Gasteiger partial charge in [0.05, 0.1) is 11.6 Å². The standard InChI is InChI=1S/C19H18N2O2S.C2H6.CH3.Rb/c22-18(23)16(11-14-7-3-1-4-8-14)12-20-19-21-17(13-24-19)15-9-5-2-6-10-15;1-2;;/h1-10,13,16H,11-12H2,(H,20,21)(H,22,23);1-2H3;1H3;/q;;-1;+1. The van der Waals surface area contributed by atoms with Crippen LogP contribution in [0.3, 0.4) is 0 Å². The average molecular weight is 469 g/mol. The summed E-state index contributed by atoms with van der Waals surface area (Å²) < 4.78 is 0. The first-order valence-electron chi connectivity index (χ1n) is 8.74. The minimum absolute atomic E-state index is 0. The second-order valence-corrected chi connectivity index (χ2v) is 6.37. The van der Waals surface area contributed by atoms with Gasteiger partial charge in [-0.1, -0.05) is 74.5 Å². The van der Waals surface area contributed by atoms with Crippen LogP contribution < -0.4 is 63.5 Å². The maximum absolute atomic E-state index is 11.5. The Balaban J connectivity index is 0.00000177. The number of rotatable bonds is 7. The van der Waals surface area contributed by atoms with Crippen LogP contribution in [0.4, 0.5) is 5.13 Å². The summed E-state index contributed by atoms with van der Waals surface area (Å²) in [4.78, 5) is 16.0. The molecule has 1 atom stereocenters. The summed E-state index contributed by atoms with van der Waals surface area (Å²) in [7, 11) is 0. The van der Waals surface area contributed by atoms with Gasteiger partial charge >= 0.3 is 64.2 Å². The molecule has 0 aliphatic carbocycles. The molecule has 0 aliphatic rings. The van der Waals surface area contributed by atoms with E-state index >= 15 is 0 Å². The third-order valence-electron chi connectivity index (χ3n) is 3.75. The Morgan fingerprint density at radius 2 is 1.64 bits per heavy atom. The monoisotopic (exact) mass is 468 g/mol. The Kier molecular flexibility index (Phi) is 14.6. The topological polar surface area (TPSA) is 62.2 Å². The van der Waals surface area contributed by atoms with Gasteiger partial charge in [0.15, 0.2) is 5.13 Å². The number of nitrogens with one attached hydrogen (secondary N) is 1. The minimum atomic E-state index is -0.800. The van der Waals surface area contributed by atoms with Crippen LogP contribution in [0.5, 0.6) is 0 Å². The van der Waals surface area contributed by atoms with Gasteiger partial charge in [-0.15, -0.1) is 11.3 Å². The van der Waals surface area contributed by atoms with Crippen LogP contribution in [0.25, 0.3) is 11.3 Å². The van der Waals surface area contributed by atoms with Gasteiger partial charge in [0.2, 0.25) is 0 Å². The number of thiazole rings is 1. The van der Waals surface area contributed by atoms with Crippen molar-refractivity contribution in [3.8, 4) is 11.3 Å². The number of anilines is 1. The summed E-state index contributed by atoms with van der Waals surface area (Å²) in [6.45, 7) is 4.35. The number of hydrogen-bond acceptors (Lipinski definition) is 4. The van der Waals surface area contributed by atoms with Crippen molar-refractivity contribution in [3.05, 3.63) is 79.0 Å². The second kappa shape index (κ2) is 15.0. The molecule has 0 spiro atoms. The van der Waals surface area contributed by atoms with Crippen molar-refractivity contribution in [2.24, 2.45) is 5.92 Å². The Hall–Kier alpha value is -0.855. The summed E-state index contributed by atoms with van der Waals surface area (Å²) in [5, 5.41) is 15.3. The molecule has 0 saturated carbocycles. The molecular weight excluding hydrogens is 442 g/mol. The summed E-state index contributed by atoms with van der Waals surface area (Å²) in [5.74, 6) is -1.29. The van der Waals surface area contributed by atoms with E-state index < -0.39 is 11.9 Å². The molecule has 0 radical (unpaired) electrons. The Morgan fingerprint density at radius 1 is 1.07 bits per heavy atom. The SMILES string of the molecule is CC.O=C(O)C(CNc1nc(-c2ccccc2)cs1)Cc1ccccc1.[CH3-].[Rb+]. The van der Waals surface area contributed by atoms with E-state index in [1.54, 1.807) is 0 Å². The molecule has 4 nitrogen and oxygen atoms in total. The second-order valence-electron chi connectivity index (χ2n) is 5.51. The third kappa shape index (κ3) is 8.66. The molecule has 0 amide bonds. The Bertz CT molecular complexity index is 795. The fraction of sp³-hybridized carbons (Fsp3) is 0.227. The van der Waals surface area contributed by atoms with Gasteiger partial charge in [-0.2, -0.15) is 0 Å². The van der Waals surface area contributed by atoms with Crippen molar-refractivity contribution in [1.82, 2.24) is 4.98 Å². The van der Waals surface area contributed by atoms with Crippen molar-refractivity contribution < 1.29 is 68.1 Å². The number of nitrogens with zero attached hydrogens (tertiary/aromatic N) is 1. The van der Waals surface area contributed by atoms with Crippen LogP contribution >= 0.6 is 11.3 Å². The van der Waals surface area contributed by atoms with Crippen molar-refractivity contribution >= 4 is 22.4 Å². The maximum Gasteiger partial charge on any atom is 1.00 e. The quantitative estimate of drug-likeness (QED) is 0.523. The first-order valence-corrected chi connectivity index (χ1v) is 9.62. The van der Waals surface area contributed by atoms with E-state index in [-0.39, 0.29) is 65.6 Å². The van der Waals surface area contributed by atoms with Gasteiger partial charge in [-0.3, -0.25) is 4.79 Å². The van der Waals surface area contributed by atoms with E-state index in [4.69, 9.17) is 0 Å². The fourth-order valence-corrected chi connectivity index (χ4v) is 3.18.